The predicted octanol–water partition coefficient (Wildman–Crippen LogP) is 5.18. The number of rotatable bonds is 5. The van der Waals surface area contributed by atoms with E-state index >= 15 is 0 Å². The number of hydrogen-bond donors (Lipinski definition) is 1. The van der Waals surface area contributed by atoms with Crippen molar-refractivity contribution in [2.75, 3.05) is 0 Å². The molecule has 0 aliphatic carbocycles. The largest absolute Gasteiger partial charge is 0.477 e. The van der Waals surface area contributed by atoms with E-state index in [-0.39, 0.29) is 16.3 Å². The van der Waals surface area contributed by atoms with Gasteiger partial charge in [-0.2, -0.15) is 0 Å². The minimum absolute atomic E-state index is 0.275. The number of aromatic carboxylic acids is 1. The van der Waals surface area contributed by atoms with E-state index in [1.165, 1.54) is 6.07 Å². The summed E-state index contributed by atoms with van der Waals surface area (Å²) in [5, 5.41) is 10.6. The van der Waals surface area contributed by atoms with Crippen LogP contribution in [-0.4, -0.2) is 20.6 Å². The maximum absolute atomic E-state index is 12.7. The molecule has 3 rings (SSSR count). The molecule has 0 fully saturated rings. The summed E-state index contributed by atoms with van der Waals surface area (Å²) < 4.78 is 1.79. The third kappa shape index (κ3) is 4.07. The molecular weight excluding hydrogens is 423 g/mol. The smallest absolute Gasteiger partial charge is 0.341 e. The van der Waals surface area contributed by atoms with E-state index in [1.807, 2.05) is 6.92 Å². The van der Waals surface area contributed by atoms with Crippen molar-refractivity contribution in [3.63, 3.8) is 0 Å². The van der Waals surface area contributed by atoms with Gasteiger partial charge in [-0.1, -0.05) is 40.9 Å². The van der Waals surface area contributed by atoms with E-state index in [0.29, 0.717) is 34.4 Å². The highest BCUT2D eigenvalue weighted by molar-refractivity contribution is 6.42. The summed E-state index contributed by atoms with van der Waals surface area (Å²) in [5.74, 6) is -1.30. The van der Waals surface area contributed by atoms with Gasteiger partial charge in [0.05, 0.1) is 15.7 Å². The lowest BCUT2D eigenvalue weighted by Gasteiger charge is -2.20. The van der Waals surface area contributed by atoms with Crippen molar-refractivity contribution < 1.29 is 9.90 Å². The number of carbonyl (C=O) groups is 1. The first-order valence-electron chi connectivity index (χ1n) is 8.37. The van der Waals surface area contributed by atoms with Crippen LogP contribution >= 0.6 is 34.8 Å². The number of nitrogens with zero attached hydrogens (tertiary/aromatic N) is 2. The molecule has 144 valence electrons. The molecular formula is C20H15Cl3N2O3. The monoisotopic (exact) mass is 436 g/mol. The lowest BCUT2D eigenvalue weighted by atomic mass is 10.0. The molecule has 0 spiro atoms. The first-order valence-corrected chi connectivity index (χ1v) is 9.51. The molecule has 5 nitrogen and oxygen atoms in total. The van der Waals surface area contributed by atoms with Gasteiger partial charge >= 0.3 is 5.97 Å². The summed E-state index contributed by atoms with van der Waals surface area (Å²) in [6.45, 7) is 2.32. The highest BCUT2D eigenvalue weighted by Gasteiger charge is 2.22. The second-order valence-electron chi connectivity index (χ2n) is 6.07. The molecule has 2 aromatic heterocycles. The zero-order valence-corrected chi connectivity index (χ0v) is 17.0. The molecule has 28 heavy (non-hydrogen) atoms. The first kappa shape index (κ1) is 20.4. The number of pyridine rings is 2. The van der Waals surface area contributed by atoms with Crippen molar-refractivity contribution >= 4 is 40.8 Å². The number of carboxylic acids is 1. The highest BCUT2D eigenvalue weighted by Crippen LogP contribution is 2.31. The number of carboxylic acid groups (broad SMARTS) is 1. The van der Waals surface area contributed by atoms with Crippen LogP contribution < -0.4 is 5.43 Å². The zero-order chi connectivity index (χ0) is 20.4. The standard InChI is InChI=1S/C20H15Cl3N2O3/c1-2-25-13(7-11-5-6-24-17(23)8-11)10-16(26)18(20(27)28)19(25)12-3-4-14(21)15(22)9-12/h3-6,8-10H,2,7H2,1H3,(H,27,28). The van der Waals surface area contributed by atoms with Gasteiger partial charge < -0.3 is 9.67 Å². The van der Waals surface area contributed by atoms with E-state index in [9.17, 15) is 14.7 Å². The van der Waals surface area contributed by atoms with Crippen LogP contribution in [-0.2, 0) is 13.0 Å². The third-order valence-electron chi connectivity index (χ3n) is 4.30. The quantitative estimate of drug-likeness (QED) is 0.558. The fraction of sp³-hybridized carbons (Fsp3) is 0.150. The number of aromatic nitrogens is 2. The molecule has 0 bridgehead atoms. The summed E-state index contributed by atoms with van der Waals surface area (Å²) in [5.41, 5.74) is 1.41. The molecule has 8 heteroatoms. The number of halogens is 3. The maximum Gasteiger partial charge on any atom is 0.341 e. The molecule has 3 aromatic rings. The minimum Gasteiger partial charge on any atom is -0.477 e. The van der Waals surface area contributed by atoms with Crippen LogP contribution in [0.4, 0.5) is 0 Å². The van der Waals surface area contributed by atoms with Crippen molar-refractivity contribution in [3.05, 3.63) is 84.8 Å². The fourth-order valence-electron chi connectivity index (χ4n) is 3.12. The normalized spacial score (nSPS) is 10.9. The van der Waals surface area contributed by atoms with Gasteiger partial charge in [0.2, 0.25) is 0 Å². The van der Waals surface area contributed by atoms with E-state index < -0.39 is 11.4 Å². The van der Waals surface area contributed by atoms with Crippen LogP contribution in [0.2, 0.25) is 15.2 Å². The Labute approximate surface area is 176 Å². The average molecular weight is 438 g/mol. The van der Waals surface area contributed by atoms with Crippen molar-refractivity contribution in [1.82, 2.24) is 9.55 Å². The summed E-state index contributed by atoms with van der Waals surface area (Å²) in [7, 11) is 0. The minimum atomic E-state index is -1.30. The van der Waals surface area contributed by atoms with Crippen LogP contribution in [0.3, 0.4) is 0 Å². The van der Waals surface area contributed by atoms with Gasteiger partial charge in [0.25, 0.3) is 0 Å². The van der Waals surface area contributed by atoms with E-state index in [4.69, 9.17) is 34.8 Å². The number of benzene rings is 1. The van der Waals surface area contributed by atoms with E-state index in [0.717, 1.165) is 5.56 Å². The van der Waals surface area contributed by atoms with Gasteiger partial charge in [-0.25, -0.2) is 9.78 Å². The molecule has 0 radical (unpaired) electrons. The van der Waals surface area contributed by atoms with E-state index in [1.54, 1.807) is 41.1 Å². The van der Waals surface area contributed by atoms with Gasteiger partial charge in [0.1, 0.15) is 10.7 Å². The second-order valence-corrected chi connectivity index (χ2v) is 7.27. The molecule has 0 atom stereocenters. The molecule has 0 aliphatic rings. The molecule has 2 heterocycles. The summed E-state index contributed by atoms with van der Waals surface area (Å²) >= 11 is 18.1. The van der Waals surface area contributed by atoms with Crippen molar-refractivity contribution in [2.45, 2.75) is 19.9 Å². The molecule has 1 N–H and O–H groups in total. The molecule has 0 aliphatic heterocycles. The lowest BCUT2D eigenvalue weighted by Crippen LogP contribution is -2.23. The van der Waals surface area contributed by atoms with Crippen LogP contribution in [0.1, 0.15) is 28.5 Å². The van der Waals surface area contributed by atoms with Gasteiger partial charge in [-0.3, -0.25) is 4.79 Å². The van der Waals surface area contributed by atoms with Crippen LogP contribution in [0.25, 0.3) is 11.3 Å². The third-order valence-corrected chi connectivity index (χ3v) is 5.24. The average Bonchev–Trinajstić information content (AvgIpc) is 2.63. The van der Waals surface area contributed by atoms with Crippen LogP contribution in [0.15, 0.2) is 47.4 Å². The Hall–Kier alpha value is -2.34. The van der Waals surface area contributed by atoms with Gasteiger partial charge in [-0.15, -0.1) is 0 Å². The molecule has 0 saturated heterocycles. The Morgan fingerprint density at radius 2 is 1.86 bits per heavy atom. The topological polar surface area (TPSA) is 72.2 Å². The van der Waals surface area contributed by atoms with Gasteiger partial charge in [0.15, 0.2) is 5.43 Å². The zero-order valence-electron chi connectivity index (χ0n) is 14.7. The SMILES string of the molecule is CCn1c(Cc2ccnc(Cl)c2)cc(=O)c(C(=O)O)c1-c1ccc(Cl)c(Cl)c1. The van der Waals surface area contributed by atoms with Crippen molar-refractivity contribution in [3.8, 4) is 11.3 Å². The maximum atomic E-state index is 12.7. The second kappa shape index (κ2) is 8.35. The Balaban J connectivity index is 2.28. The Kier molecular flexibility index (Phi) is 6.08. The first-order chi connectivity index (χ1) is 13.3. The summed E-state index contributed by atoms with van der Waals surface area (Å²) in [6.07, 6.45) is 1.97. The predicted molar refractivity (Wildman–Crippen MR) is 111 cm³/mol. The fourth-order valence-corrected chi connectivity index (χ4v) is 3.61. The van der Waals surface area contributed by atoms with E-state index in [2.05, 4.69) is 4.98 Å². The van der Waals surface area contributed by atoms with Crippen molar-refractivity contribution in [2.24, 2.45) is 0 Å². The molecule has 1 aromatic carbocycles. The Bertz CT molecular complexity index is 1130. The van der Waals surface area contributed by atoms with Crippen molar-refractivity contribution in [1.29, 1.82) is 0 Å². The Morgan fingerprint density at radius 1 is 1.11 bits per heavy atom. The lowest BCUT2D eigenvalue weighted by molar-refractivity contribution is 0.0695. The van der Waals surface area contributed by atoms with Crippen LogP contribution in [0, 0.1) is 0 Å². The summed E-state index contributed by atoms with van der Waals surface area (Å²) in [4.78, 5) is 28.5. The Morgan fingerprint density at radius 3 is 2.46 bits per heavy atom. The van der Waals surface area contributed by atoms with Gasteiger partial charge in [-0.05, 0) is 36.8 Å². The number of hydrogen-bond acceptors (Lipinski definition) is 3. The van der Waals surface area contributed by atoms with Crippen LogP contribution in [0.5, 0.6) is 0 Å². The molecule has 0 amide bonds. The highest BCUT2D eigenvalue weighted by atomic mass is 35.5. The molecule has 0 unspecified atom stereocenters. The van der Waals surface area contributed by atoms with Gasteiger partial charge in [0, 0.05) is 36.5 Å². The summed E-state index contributed by atoms with van der Waals surface area (Å²) in [6, 6.07) is 9.63. The molecule has 0 saturated carbocycles.